The van der Waals surface area contributed by atoms with Gasteiger partial charge in [-0.3, -0.25) is 13.9 Å². The van der Waals surface area contributed by atoms with E-state index in [0.717, 1.165) is 29.2 Å². The summed E-state index contributed by atoms with van der Waals surface area (Å²) in [5, 5.41) is 13.9. The van der Waals surface area contributed by atoms with E-state index >= 15 is 0 Å². The van der Waals surface area contributed by atoms with Crippen LogP contribution in [-0.4, -0.2) is 58.7 Å². The molecule has 3 aliphatic heterocycles. The Bertz CT molecular complexity index is 1210. The Balaban J connectivity index is 1.54. The zero-order valence-electron chi connectivity index (χ0n) is 21.2. The molecular weight excluding hydrogens is 484 g/mol. The minimum absolute atomic E-state index is 0.0110. The van der Waals surface area contributed by atoms with Crippen molar-refractivity contribution < 1.29 is 18.8 Å². The maximum atomic E-state index is 12.3. The first-order chi connectivity index (χ1) is 18.0. The van der Waals surface area contributed by atoms with Gasteiger partial charge in [-0.25, -0.2) is 0 Å². The van der Waals surface area contributed by atoms with Crippen LogP contribution in [0.15, 0.2) is 83.8 Å². The summed E-state index contributed by atoms with van der Waals surface area (Å²) in [6.45, 7) is 1.95. The fourth-order valence-electron chi connectivity index (χ4n) is 6.34. The van der Waals surface area contributed by atoms with Crippen molar-refractivity contribution >= 4 is 16.8 Å². The summed E-state index contributed by atoms with van der Waals surface area (Å²) in [5.74, 6) is -0.300. The Kier molecular flexibility index (Phi) is 7.74. The van der Waals surface area contributed by atoms with Crippen molar-refractivity contribution in [3.05, 3.63) is 95.6 Å². The fourth-order valence-corrected chi connectivity index (χ4v) is 6.90. The van der Waals surface area contributed by atoms with Crippen LogP contribution < -0.4 is 10.1 Å². The molecule has 0 spiro atoms. The Hall–Kier alpha value is -3.00. The van der Waals surface area contributed by atoms with Gasteiger partial charge in [-0.15, -0.1) is 0 Å². The molecule has 3 heterocycles. The van der Waals surface area contributed by atoms with Gasteiger partial charge in [0.25, 0.3) is 0 Å². The van der Waals surface area contributed by atoms with Crippen molar-refractivity contribution in [3.63, 3.8) is 0 Å². The third-order valence-corrected chi connectivity index (χ3v) is 8.95. The molecule has 0 saturated carbocycles. The van der Waals surface area contributed by atoms with Gasteiger partial charge in [-0.2, -0.15) is 0 Å². The van der Waals surface area contributed by atoms with Crippen molar-refractivity contribution in [2.24, 2.45) is 11.8 Å². The lowest BCUT2D eigenvalue weighted by molar-refractivity contribution is -0.152. The highest BCUT2D eigenvalue weighted by molar-refractivity contribution is 7.84. The Morgan fingerprint density at radius 1 is 1.08 bits per heavy atom. The molecule has 3 aromatic carbocycles. The first-order valence-corrected chi connectivity index (χ1v) is 14.3. The molecule has 7 heteroatoms. The van der Waals surface area contributed by atoms with E-state index < -0.39 is 22.7 Å². The summed E-state index contributed by atoms with van der Waals surface area (Å²) in [5.41, 5.74) is 3.38. The van der Waals surface area contributed by atoms with Crippen molar-refractivity contribution in [3.8, 4) is 5.75 Å². The molecule has 0 aromatic heterocycles. The number of methoxy groups -OCH3 is 1. The Morgan fingerprint density at radius 3 is 2.30 bits per heavy atom. The average molecular weight is 519 g/mol. The molecule has 2 unspecified atom stereocenters. The normalized spacial score (nSPS) is 25.6. The number of aliphatic carboxylic acids is 1. The Morgan fingerprint density at radius 2 is 1.73 bits per heavy atom. The summed E-state index contributed by atoms with van der Waals surface area (Å²) in [7, 11) is 0.534. The minimum Gasteiger partial charge on any atom is -0.496 e. The molecule has 3 saturated heterocycles. The quantitative estimate of drug-likeness (QED) is 0.444. The molecule has 6 atom stereocenters. The molecule has 3 aliphatic rings. The van der Waals surface area contributed by atoms with Crippen molar-refractivity contribution in [2.75, 3.05) is 26.5 Å². The molecule has 3 aromatic rings. The lowest BCUT2D eigenvalue weighted by atomic mass is 9.66. The number of rotatable bonds is 9. The van der Waals surface area contributed by atoms with Gasteiger partial charge >= 0.3 is 5.97 Å². The highest BCUT2D eigenvalue weighted by atomic mass is 32.2. The number of carboxylic acids is 1. The number of benzene rings is 3. The summed E-state index contributed by atoms with van der Waals surface area (Å²) in [6.07, 6.45) is 2.52. The number of fused-ring (bicyclic) bond motifs is 3. The van der Waals surface area contributed by atoms with Gasteiger partial charge in [0.05, 0.1) is 13.0 Å². The predicted octanol–water partition coefficient (Wildman–Crippen LogP) is 4.13. The largest absolute Gasteiger partial charge is 0.496 e. The minimum atomic E-state index is -1.10. The van der Waals surface area contributed by atoms with Crippen LogP contribution in [0, 0.1) is 11.8 Å². The summed E-state index contributed by atoms with van der Waals surface area (Å²) >= 11 is 0. The summed E-state index contributed by atoms with van der Waals surface area (Å²) < 4.78 is 17.8. The van der Waals surface area contributed by atoms with E-state index in [1.165, 1.54) is 11.1 Å². The highest BCUT2D eigenvalue weighted by Crippen LogP contribution is 2.44. The first-order valence-electron chi connectivity index (χ1n) is 12.8. The van der Waals surface area contributed by atoms with E-state index in [9.17, 15) is 14.1 Å². The smallest absolute Gasteiger partial charge is 0.308 e. The molecule has 0 amide bonds. The molecule has 37 heavy (non-hydrogen) atoms. The van der Waals surface area contributed by atoms with Crippen molar-refractivity contribution in [1.82, 2.24) is 10.2 Å². The predicted molar refractivity (Wildman–Crippen MR) is 145 cm³/mol. The number of hydrogen-bond acceptors (Lipinski definition) is 5. The van der Waals surface area contributed by atoms with Crippen LogP contribution in [0.4, 0.5) is 0 Å². The number of carbonyl (C=O) groups is 1. The first kappa shape index (κ1) is 25.6. The molecule has 2 N–H and O–H groups in total. The zero-order valence-corrected chi connectivity index (χ0v) is 22.1. The fraction of sp³-hybridized carbons (Fsp3) is 0.367. The zero-order chi connectivity index (χ0) is 25.9. The number of carboxylic acid groups (broad SMARTS) is 1. The number of ether oxygens (including phenoxy) is 1. The van der Waals surface area contributed by atoms with Crippen molar-refractivity contribution in [2.45, 2.75) is 35.9 Å². The van der Waals surface area contributed by atoms with Gasteiger partial charge in [-0.1, -0.05) is 60.7 Å². The molecule has 3 fully saturated rings. The lowest BCUT2D eigenvalue weighted by Crippen LogP contribution is -2.68. The number of hydrogen-bond donors (Lipinski definition) is 2. The number of piperidine rings is 3. The number of nitrogens with zero attached hydrogens (tertiary/aromatic N) is 1. The summed E-state index contributed by atoms with van der Waals surface area (Å²) in [4.78, 5) is 15.4. The second kappa shape index (κ2) is 11.2. The van der Waals surface area contributed by atoms with Crippen LogP contribution >= 0.6 is 0 Å². The molecule has 0 radical (unpaired) electrons. The van der Waals surface area contributed by atoms with Crippen LogP contribution in [0.5, 0.6) is 5.75 Å². The van der Waals surface area contributed by atoms with E-state index in [1.807, 2.05) is 30.3 Å². The van der Waals surface area contributed by atoms with Crippen LogP contribution in [0.1, 0.15) is 29.0 Å². The van der Waals surface area contributed by atoms with Crippen LogP contribution in [0.2, 0.25) is 0 Å². The topological polar surface area (TPSA) is 78.9 Å². The van der Waals surface area contributed by atoms with Crippen molar-refractivity contribution in [1.29, 1.82) is 0 Å². The summed E-state index contributed by atoms with van der Waals surface area (Å²) in [6, 6.07) is 26.7. The van der Waals surface area contributed by atoms with Gasteiger partial charge in [0.15, 0.2) is 0 Å². The standard InChI is InChI=1S/C30H34N2O4S/c1-36-26-14-13-23(37(2)35)17-22(26)18-31-28-24-15-16-32(19-25(24)30(33)34)29(28)27(20-9-5-3-6-10-20)21-11-7-4-8-12-21/h3-14,17,24-25,27-29,31H,15-16,18-19H2,1-2H3,(H,33,34)/t24-,25-,28-,29+,37?/m0/s1. The van der Waals surface area contributed by atoms with E-state index in [2.05, 4.69) is 58.7 Å². The van der Waals surface area contributed by atoms with Gasteiger partial charge in [0, 0.05) is 58.6 Å². The van der Waals surface area contributed by atoms with Crippen LogP contribution in [-0.2, 0) is 22.1 Å². The third-order valence-electron chi connectivity index (χ3n) is 8.04. The SMILES string of the molecule is COc1ccc(S(C)=O)cc1CN[C@H]1[C@H]2CCN(C[C@@H]2C(=O)O)[C@@H]1C(c1ccccc1)c1ccccc1. The third kappa shape index (κ3) is 5.21. The van der Waals surface area contributed by atoms with E-state index in [4.69, 9.17) is 4.74 Å². The van der Waals surface area contributed by atoms with E-state index in [1.54, 1.807) is 13.4 Å². The van der Waals surface area contributed by atoms with E-state index in [0.29, 0.717) is 13.1 Å². The van der Waals surface area contributed by atoms with Crippen LogP contribution in [0.3, 0.4) is 0 Å². The van der Waals surface area contributed by atoms with Gasteiger partial charge in [-0.05, 0) is 48.2 Å². The highest BCUT2D eigenvalue weighted by Gasteiger charge is 2.52. The van der Waals surface area contributed by atoms with Gasteiger partial charge in [0.1, 0.15) is 5.75 Å². The second-order valence-electron chi connectivity index (χ2n) is 10.0. The maximum Gasteiger partial charge on any atom is 0.308 e. The molecule has 0 aliphatic carbocycles. The molecule has 6 rings (SSSR count). The average Bonchev–Trinajstić information content (AvgIpc) is 2.93. The molecule has 6 nitrogen and oxygen atoms in total. The second-order valence-corrected chi connectivity index (χ2v) is 11.4. The molecule has 2 bridgehead atoms. The van der Waals surface area contributed by atoms with Gasteiger partial charge in [0.2, 0.25) is 0 Å². The lowest BCUT2D eigenvalue weighted by Gasteiger charge is -2.56. The van der Waals surface area contributed by atoms with Crippen LogP contribution in [0.25, 0.3) is 0 Å². The van der Waals surface area contributed by atoms with Gasteiger partial charge < -0.3 is 15.2 Å². The monoisotopic (exact) mass is 518 g/mol. The maximum absolute atomic E-state index is 12.3. The number of nitrogens with one attached hydrogen (secondary N) is 1. The molecule has 194 valence electrons. The molecular formula is C30H34N2O4S. The Labute approximate surface area is 221 Å². The van der Waals surface area contributed by atoms with E-state index in [-0.39, 0.29) is 23.9 Å².